The molecule has 0 aromatic rings. The van der Waals surface area contributed by atoms with Crippen LogP contribution in [-0.2, 0) is 0 Å². The molecule has 0 heterocycles. The number of carbonyl (C=O) groups is 1. The molecule has 0 unspecified atom stereocenters. The fraction of sp³-hybridized carbons (Fsp3) is 0. The van der Waals surface area contributed by atoms with Gasteiger partial charge in [-0.3, -0.25) is 5.41 Å². The van der Waals surface area contributed by atoms with Gasteiger partial charge in [0.15, 0.2) is 11.3 Å². The van der Waals surface area contributed by atoms with E-state index in [1.54, 1.807) is 0 Å². The Bertz CT molecular complexity index is 109. The molecule has 0 spiro atoms. The van der Waals surface area contributed by atoms with E-state index in [1.807, 2.05) is 0 Å². The minimum absolute atomic E-state index is 0. The number of guanidine groups is 1. The van der Waals surface area contributed by atoms with E-state index in [-0.39, 0.29) is 57.3 Å². The first kappa shape index (κ1) is 22.6. The number of hydrogen-bond acceptors (Lipinski definition) is 5. The van der Waals surface area contributed by atoms with E-state index < -0.39 is 6.16 Å². The fourth-order valence-electron chi connectivity index (χ4n) is 0. The molecule has 0 radical (unpaired) electrons. The van der Waals surface area contributed by atoms with Crippen LogP contribution in [0.15, 0.2) is 5.34 Å². The Balaban J connectivity index is -0.0000000389. The van der Waals surface area contributed by atoms with Crippen molar-refractivity contribution < 1.29 is 71.6 Å². The SMILES string of the molecule is N=C(N)N.O=C([O-])O.O=NO.[K+]. The average molecular weight is 206 g/mol. The van der Waals surface area contributed by atoms with Gasteiger partial charge in [-0.1, -0.05) is 0 Å². The van der Waals surface area contributed by atoms with Crippen LogP contribution in [-0.4, -0.2) is 22.4 Å². The maximum atomic E-state index is 8.44. The monoisotopic (exact) mass is 206 g/mol. The molecule has 9 nitrogen and oxygen atoms in total. The van der Waals surface area contributed by atoms with Gasteiger partial charge >= 0.3 is 51.4 Å². The van der Waals surface area contributed by atoms with Gasteiger partial charge in [0.05, 0.1) is 0 Å². The number of carboxylic acid groups (broad SMARTS) is 2. The predicted octanol–water partition coefficient (Wildman–Crippen LogP) is -5.13. The van der Waals surface area contributed by atoms with Gasteiger partial charge in [-0.25, -0.2) is 0 Å². The van der Waals surface area contributed by atoms with Crippen LogP contribution in [0.1, 0.15) is 0 Å². The van der Waals surface area contributed by atoms with E-state index >= 15 is 0 Å². The summed E-state index contributed by atoms with van der Waals surface area (Å²) in [4.78, 5) is 16.6. The smallest absolute Gasteiger partial charge is 0.565 e. The second kappa shape index (κ2) is 22.4. The summed E-state index contributed by atoms with van der Waals surface area (Å²) in [5.74, 6) is -0.333. The van der Waals surface area contributed by atoms with E-state index in [9.17, 15) is 0 Å². The summed E-state index contributed by atoms with van der Waals surface area (Å²) in [6, 6.07) is 0. The normalized spacial score (nSPS) is 5.00. The van der Waals surface area contributed by atoms with Gasteiger partial charge in [0, 0.05) is 0 Å². The van der Waals surface area contributed by atoms with Gasteiger partial charge in [0.1, 0.15) is 0 Å². The van der Waals surface area contributed by atoms with E-state index in [0.717, 1.165) is 0 Å². The largest absolute Gasteiger partial charge is 1.00 e. The molecule has 0 saturated heterocycles. The molecule has 0 rings (SSSR count). The van der Waals surface area contributed by atoms with Crippen molar-refractivity contribution in [1.82, 2.24) is 0 Å². The summed E-state index contributed by atoms with van der Waals surface area (Å²) < 4.78 is 0. The van der Waals surface area contributed by atoms with Gasteiger partial charge in [-0.2, -0.15) is 0 Å². The Labute approximate surface area is 110 Å². The second-order valence-corrected chi connectivity index (χ2v) is 0.803. The summed E-state index contributed by atoms with van der Waals surface area (Å²) in [6.45, 7) is 0. The van der Waals surface area contributed by atoms with E-state index in [0.29, 0.717) is 0 Å². The van der Waals surface area contributed by atoms with Crippen molar-refractivity contribution in [3.05, 3.63) is 4.91 Å². The molecular formula is C2H7KN4O5. The van der Waals surface area contributed by atoms with Crippen LogP contribution in [0.4, 0.5) is 4.79 Å². The maximum absolute atomic E-state index is 8.44. The number of rotatable bonds is 0. The summed E-state index contributed by atoms with van der Waals surface area (Å²) in [7, 11) is 0. The Morgan fingerprint density at radius 1 is 1.50 bits per heavy atom. The van der Waals surface area contributed by atoms with Crippen LogP contribution in [0.2, 0.25) is 0 Å². The number of nitrogens with zero attached hydrogens (tertiary/aromatic N) is 1. The Morgan fingerprint density at radius 2 is 1.50 bits per heavy atom. The van der Waals surface area contributed by atoms with Crippen molar-refractivity contribution in [2.45, 2.75) is 0 Å². The molecule has 12 heavy (non-hydrogen) atoms. The van der Waals surface area contributed by atoms with Crippen molar-refractivity contribution in [2.75, 3.05) is 0 Å². The molecule has 0 bridgehead atoms. The van der Waals surface area contributed by atoms with Crippen LogP contribution in [0.3, 0.4) is 0 Å². The first-order chi connectivity index (χ1) is 4.88. The van der Waals surface area contributed by atoms with Crippen molar-refractivity contribution in [2.24, 2.45) is 16.8 Å². The quantitative estimate of drug-likeness (QED) is 0.0861. The van der Waals surface area contributed by atoms with E-state index in [4.69, 9.17) is 30.5 Å². The van der Waals surface area contributed by atoms with Gasteiger partial charge in [0.2, 0.25) is 6.16 Å². The summed E-state index contributed by atoms with van der Waals surface area (Å²) in [6.07, 6.45) is -2.08. The van der Waals surface area contributed by atoms with Gasteiger partial charge in [-0.15, -0.1) is 4.91 Å². The number of nitrogens with one attached hydrogen (secondary N) is 1. The fourth-order valence-corrected chi connectivity index (χ4v) is 0. The molecule has 7 N–H and O–H groups in total. The first-order valence-corrected chi connectivity index (χ1v) is 1.84. The second-order valence-electron chi connectivity index (χ2n) is 0.803. The Morgan fingerprint density at radius 3 is 1.50 bits per heavy atom. The molecule has 0 amide bonds. The summed E-state index contributed by atoms with van der Waals surface area (Å²) >= 11 is 0. The van der Waals surface area contributed by atoms with Gasteiger partial charge < -0.3 is 31.7 Å². The first-order valence-electron chi connectivity index (χ1n) is 1.84. The van der Waals surface area contributed by atoms with Crippen molar-refractivity contribution in [1.29, 1.82) is 5.41 Å². The van der Waals surface area contributed by atoms with Crippen LogP contribution in [0, 0.1) is 10.3 Å². The van der Waals surface area contributed by atoms with Gasteiger partial charge in [-0.05, 0) is 0 Å². The molecule has 0 saturated carbocycles. The number of nitrogens with two attached hydrogens (primary N) is 2. The van der Waals surface area contributed by atoms with Crippen LogP contribution < -0.4 is 68.0 Å². The van der Waals surface area contributed by atoms with Crippen LogP contribution in [0.25, 0.3) is 0 Å². The summed E-state index contributed by atoms with van der Waals surface area (Å²) in [5, 5.41) is 29.2. The van der Waals surface area contributed by atoms with Crippen LogP contribution in [0.5, 0.6) is 0 Å². The minimum atomic E-state index is -2.08. The Hall–Kier alpha value is -0.424. The van der Waals surface area contributed by atoms with Crippen LogP contribution >= 0.6 is 0 Å². The molecular weight excluding hydrogens is 199 g/mol. The molecule has 0 aromatic carbocycles. The molecule has 10 heteroatoms. The molecule has 0 fully saturated rings. The molecule has 0 aliphatic carbocycles. The standard InChI is InChI=1S/CH5N3.CH2O3.K.HNO2/c2*2-1(3)4;;2-1-3/h(H5,2,3,4);(H2,2,3,4);;(H,2,3)/q;;+1;/p-1. The molecule has 66 valence electrons. The zero-order chi connectivity index (χ0) is 9.86. The molecule has 0 aliphatic heterocycles. The molecule has 0 aliphatic rings. The predicted molar refractivity (Wildman–Crippen MR) is 31.7 cm³/mol. The topological polar surface area (TPSA) is 186 Å². The van der Waals surface area contributed by atoms with Crippen molar-refractivity contribution in [3.63, 3.8) is 0 Å². The summed E-state index contributed by atoms with van der Waals surface area (Å²) in [5.41, 5.74) is 8.94. The minimum Gasteiger partial charge on any atom is -0.565 e. The van der Waals surface area contributed by atoms with Crippen molar-refractivity contribution >= 4 is 12.1 Å². The molecule has 0 aromatic heterocycles. The zero-order valence-corrected chi connectivity index (χ0v) is 9.34. The maximum Gasteiger partial charge on any atom is 1.00 e. The molecule has 0 atom stereocenters. The van der Waals surface area contributed by atoms with E-state index in [1.165, 1.54) is 5.34 Å². The van der Waals surface area contributed by atoms with Crippen molar-refractivity contribution in [3.8, 4) is 0 Å². The van der Waals surface area contributed by atoms with E-state index in [2.05, 4.69) is 11.5 Å². The Kier molecular flexibility index (Phi) is 42.2. The number of hydrogen-bond donors (Lipinski definition) is 5. The van der Waals surface area contributed by atoms with Gasteiger partial charge in [0.25, 0.3) is 0 Å². The zero-order valence-electron chi connectivity index (χ0n) is 6.22. The third-order valence-corrected chi connectivity index (χ3v) is 0. The third kappa shape index (κ3) is 3920. The third-order valence-electron chi connectivity index (χ3n) is 0. The average Bonchev–Trinajstić information content (AvgIpc) is 1.60.